The number of halogens is 2. The smallest absolute Gasteiger partial charge is 0.126 e. The van der Waals surface area contributed by atoms with Crippen LogP contribution < -0.4 is 5.32 Å². The van der Waals surface area contributed by atoms with Crippen LogP contribution in [0.1, 0.15) is 45.1 Å². The Labute approximate surface area is 121 Å². The number of hydrogen-bond acceptors (Lipinski definition) is 1. The largest absolute Gasteiger partial charge is 0.316 e. The second-order valence-corrected chi connectivity index (χ2v) is 5.61. The summed E-state index contributed by atoms with van der Waals surface area (Å²) >= 11 is 5.96. The van der Waals surface area contributed by atoms with Crippen LogP contribution in [0.15, 0.2) is 18.2 Å². The lowest BCUT2D eigenvalue weighted by atomic mass is 9.86. The molecule has 1 unspecified atom stereocenters. The standard InChI is InChI=1S/C16H25ClFN/c1-4-6-12(7-5-2)16(19-3)11-13-10-14(17)8-9-15(13)18/h8-10,12,16,19H,4-7,11H2,1-3H3. The first-order valence-electron chi connectivity index (χ1n) is 7.23. The minimum atomic E-state index is -0.156. The zero-order valence-electron chi connectivity index (χ0n) is 12.2. The van der Waals surface area contributed by atoms with Gasteiger partial charge in [-0.25, -0.2) is 4.39 Å². The summed E-state index contributed by atoms with van der Waals surface area (Å²) < 4.78 is 13.8. The monoisotopic (exact) mass is 285 g/mol. The van der Waals surface area contributed by atoms with E-state index in [0.29, 0.717) is 29.0 Å². The Hall–Kier alpha value is -0.600. The third kappa shape index (κ3) is 5.12. The first kappa shape index (κ1) is 16.5. The lowest BCUT2D eigenvalue weighted by Gasteiger charge is -2.27. The Morgan fingerprint density at radius 1 is 1.21 bits per heavy atom. The molecule has 0 fully saturated rings. The van der Waals surface area contributed by atoms with Crippen molar-refractivity contribution in [3.63, 3.8) is 0 Å². The molecular weight excluding hydrogens is 261 g/mol. The molecular formula is C16H25ClFN. The van der Waals surface area contributed by atoms with Crippen molar-refractivity contribution in [1.82, 2.24) is 5.32 Å². The molecule has 0 bridgehead atoms. The van der Waals surface area contributed by atoms with Crippen molar-refractivity contribution >= 4 is 11.6 Å². The van der Waals surface area contributed by atoms with E-state index in [4.69, 9.17) is 11.6 Å². The predicted molar refractivity (Wildman–Crippen MR) is 81.3 cm³/mol. The third-order valence-corrected chi connectivity index (χ3v) is 3.94. The molecule has 19 heavy (non-hydrogen) atoms. The normalized spacial score (nSPS) is 12.9. The predicted octanol–water partition coefficient (Wildman–Crippen LogP) is 4.83. The van der Waals surface area contributed by atoms with Crippen molar-refractivity contribution < 1.29 is 4.39 Å². The van der Waals surface area contributed by atoms with Gasteiger partial charge in [-0.1, -0.05) is 38.3 Å². The minimum Gasteiger partial charge on any atom is -0.316 e. The maximum Gasteiger partial charge on any atom is 0.126 e. The molecule has 0 amide bonds. The summed E-state index contributed by atoms with van der Waals surface area (Å²) in [6.45, 7) is 4.41. The van der Waals surface area contributed by atoms with Gasteiger partial charge in [0.25, 0.3) is 0 Å². The van der Waals surface area contributed by atoms with Gasteiger partial charge in [-0.3, -0.25) is 0 Å². The molecule has 0 aliphatic heterocycles. The van der Waals surface area contributed by atoms with Crippen LogP contribution in [-0.2, 0) is 6.42 Å². The summed E-state index contributed by atoms with van der Waals surface area (Å²) in [6, 6.07) is 5.12. The fraction of sp³-hybridized carbons (Fsp3) is 0.625. The average molecular weight is 286 g/mol. The molecule has 0 aliphatic carbocycles. The van der Waals surface area contributed by atoms with Crippen molar-refractivity contribution in [3.05, 3.63) is 34.6 Å². The van der Waals surface area contributed by atoms with Gasteiger partial charge < -0.3 is 5.32 Å². The van der Waals surface area contributed by atoms with Crippen LogP contribution >= 0.6 is 11.6 Å². The van der Waals surface area contributed by atoms with Gasteiger partial charge >= 0.3 is 0 Å². The number of nitrogens with one attached hydrogen (secondary N) is 1. The summed E-state index contributed by atoms with van der Waals surface area (Å²) in [5, 5.41) is 3.96. The highest BCUT2D eigenvalue weighted by Gasteiger charge is 2.20. The van der Waals surface area contributed by atoms with E-state index in [9.17, 15) is 4.39 Å². The van der Waals surface area contributed by atoms with Crippen LogP contribution in [-0.4, -0.2) is 13.1 Å². The molecule has 1 atom stereocenters. The molecule has 0 saturated heterocycles. The van der Waals surface area contributed by atoms with Crippen molar-refractivity contribution in [2.24, 2.45) is 5.92 Å². The highest BCUT2D eigenvalue weighted by molar-refractivity contribution is 6.30. The maximum atomic E-state index is 13.8. The van der Waals surface area contributed by atoms with E-state index in [0.717, 1.165) is 0 Å². The average Bonchev–Trinajstić information content (AvgIpc) is 2.39. The molecule has 0 aromatic heterocycles. The zero-order valence-corrected chi connectivity index (χ0v) is 12.9. The van der Waals surface area contributed by atoms with Gasteiger partial charge in [0.15, 0.2) is 0 Å². The Morgan fingerprint density at radius 3 is 2.37 bits per heavy atom. The SMILES string of the molecule is CCCC(CCC)C(Cc1cc(Cl)ccc1F)NC. The van der Waals surface area contributed by atoms with E-state index in [2.05, 4.69) is 19.2 Å². The topological polar surface area (TPSA) is 12.0 Å². The Balaban J connectivity index is 2.81. The van der Waals surface area contributed by atoms with Gasteiger partial charge in [-0.2, -0.15) is 0 Å². The Kier molecular flexibility index (Phi) is 7.40. The lowest BCUT2D eigenvalue weighted by molar-refractivity contribution is 0.320. The molecule has 0 saturated carbocycles. The van der Waals surface area contributed by atoms with Gasteiger partial charge in [-0.05, 0) is 56.0 Å². The first-order valence-corrected chi connectivity index (χ1v) is 7.61. The number of benzene rings is 1. The van der Waals surface area contributed by atoms with Crippen molar-refractivity contribution in [1.29, 1.82) is 0 Å². The van der Waals surface area contributed by atoms with Crippen LogP contribution in [0, 0.1) is 11.7 Å². The Bertz CT molecular complexity index is 375. The second-order valence-electron chi connectivity index (χ2n) is 5.17. The Morgan fingerprint density at radius 2 is 1.84 bits per heavy atom. The molecule has 108 valence electrons. The highest BCUT2D eigenvalue weighted by Crippen LogP contribution is 2.23. The molecule has 0 heterocycles. The van der Waals surface area contributed by atoms with Gasteiger partial charge in [-0.15, -0.1) is 0 Å². The van der Waals surface area contributed by atoms with Gasteiger partial charge in [0, 0.05) is 11.1 Å². The third-order valence-electron chi connectivity index (χ3n) is 3.71. The lowest BCUT2D eigenvalue weighted by Crippen LogP contribution is -2.35. The number of rotatable bonds is 8. The molecule has 0 aliphatic rings. The molecule has 1 aromatic rings. The molecule has 1 N–H and O–H groups in total. The first-order chi connectivity index (χ1) is 9.12. The zero-order chi connectivity index (χ0) is 14.3. The number of hydrogen-bond donors (Lipinski definition) is 1. The second kappa shape index (κ2) is 8.55. The van der Waals surface area contributed by atoms with E-state index < -0.39 is 0 Å². The van der Waals surface area contributed by atoms with E-state index >= 15 is 0 Å². The maximum absolute atomic E-state index is 13.8. The summed E-state index contributed by atoms with van der Waals surface area (Å²) in [5.74, 6) is 0.440. The van der Waals surface area contributed by atoms with Crippen LogP contribution in [0.25, 0.3) is 0 Å². The van der Waals surface area contributed by atoms with Crippen LogP contribution in [0.2, 0.25) is 5.02 Å². The highest BCUT2D eigenvalue weighted by atomic mass is 35.5. The summed E-state index contributed by atoms with van der Waals surface area (Å²) in [5.41, 5.74) is 0.712. The fourth-order valence-corrected chi connectivity index (χ4v) is 2.92. The molecule has 1 aromatic carbocycles. The molecule has 3 heteroatoms. The molecule has 1 rings (SSSR count). The van der Waals surface area contributed by atoms with E-state index in [1.165, 1.54) is 31.7 Å². The molecule has 1 nitrogen and oxygen atoms in total. The van der Waals surface area contributed by atoms with Crippen LogP contribution in [0.4, 0.5) is 4.39 Å². The summed E-state index contributed by atoms with van der Waals surface area (Å²) in [6.07, 6.45) is 5.40. The number of likely N-dealkylation sites (N-methyl/N-ethyl adjacent to an activating group) is 1. The fourth-order valence-electron chi connectivity index (χ4n) is 2.73. The van der Waals surface area contributed by atoms with Gasteiger partial charge in [0.05, 0.1) is 0 Å². The summed E-state index contributed by atoms with van der Waals surface area (Å²) in [7, 11) is 1.96. The van der Waals surface area contributed by atoms with Crippen molar-refractivity contribution in [2.75, 3.05) is 7.05 Å². The van der Waals surface area contributed by atoms with Gasteiger partial charge in [0.1, 0.15) is 5.82 Å². The van der Waals surface area contributed by atoms with E-state index in [1.807, 2.05) is 7.05 Å². The quantitative estimate of drug-likeness (QED) is 0.722. The van der Waals surface area contributed by atoms with Crippen LogP contribution in [0.3, 0.4) is 0 Å². The van der Waals surface area contributed by atoms with Crippen molar-refractivity contribution in [3.8, 4) is 0 Å². The molecule has 0 spiro atoms. The van der Waals surface area contributed by atoms with Gasteiger partial charge in [0.2, 0.25) is 0 Å². The van der Waals surface area contributed by atoms with Crippen LogP contribution in [0.5, 0.6) is 0 Å². The van der Waals surface area contributed by atoms with E-state index in [1.54, 1.807) is 12.1 Å². The molecule has 0 radical (unpaired) electrons. The van der Waals surface area contributed by atoms with Crippen molar-refractivity contribution in [2.45, 2.75) is 52.0 Å². The minimum absolute atomic E-state index is 0.156. The van der Waals surface area contributed by atoms with E-state index in [-0.39, 0.29) is 5.82 Å². The summed E-state index contributed by atoms with van der Waals surface area (Å²) in [4.78, 5) is 0.